The first-order chi connectivity index (χ1) is 18.5. The molecule has 12 nitrogen and oxygen atoms in total. The first-order valence-electron chi connectivity index (χ1n) is 13.2. The van der Waals surface area contributed by atoms with Gasteiger partial charge in [-0.25, -0.2) is 4.79 Å². The average molecular weight is 565 g/mol. The molecule has 2 aliphatic heterocycles. The van der Waals surface area contributed by atoms with Crippen LogP contribution >= 0.6 is 0 Å². The molecule has 0 aromatic carbocycles. The Morgan fingerprint density at radius 2 is 1.45 bits per heavy atom. The van der Waals surface area contributed by atoms with Crippen molar-refractivity contribution in [2.45, 2.75) is 103 Å². The Bertz CT molecular complexity index is 1190. The zero-order valence-electron chi connectivity index (χ0n) is 23.8. The minimum Gasteiger partial charge on any atom is -0.459 e. The maximum atomic E-state index is 13.1. The van der Waals surface area contributed by atoms with Crippen molar-refractivity contribution in [2.24, 2.45) is 17.3 Å². The lowest BCUT2D eigenvalue weighted by atomic mass is 9.56. The van der Waals surface area contributed by atoms with Gasteiger partial charge in [0.15, 0.2) is 35.6 Å². The van der Waals surface area contributed by atoms with Crippen molar-refractivity contribution >= 4 is 29.8 Å². The molecule has 0 amide bonds. The monoisotopic (exact) mass is 564 g/mol. The summed E-state index contributed by atoms with van der Waals surface area (Å²) in [7, 11) is 0. The number of hydrogen-bond acceptors (Lipinski definition) is 12. The molecule has 2 saturated heterocycles. The second-order valence-electron chi connectivity index (χ2n) is 11.4. The Hall–Kier alpha value is -3.25. The second-order valence-corrected chi connectivity index (χ2v) is 11.4. The van der Waals surface area contributed by atoms with E-state index >= 15 is 0 Å². The van der Waals surface area contributed by atoms with E-state index < -0.39 is 94.9 Å². The van der Waals surface area contributed by atoms with Crippen LogP contribution in [0.25, 0.3) is 0 Å². The molecular formula is C28H36O12. The highest BCUT2D eigenvalue weighted by Gasteiger charge is 2.87. The van der Waals surface area contributed by atoms with Gasteiger partial charge in [-0.3, -0.25) is 19.2 Å². The number of carbonyl (C=O) groups is 5. The minimum atomic E-state index is -1.52. The zero-order valence-corrected chi connectivity index (χ0v) is 23.8. The van der Waals surface area contributed by atoms with Gasteiger partial charge in [0.25, 0.3) is 0 Å². The third kappa shape index (κ3) is 4.50. The number of aliphatic hydroxyl groups excluding tert-OH is 1. The summed E-state index contributed by atoms with van der Waals surface area (Å²) in [6.07, 6.45) is -2.66. The molecule has 2 aliphatic carbocycles. The molecule has 4 aliphatic rings. The number of fused-ring (bicyclic) bond motifs is 1. The van der Waals surface area contributed by atoms with Gasteiger partial charge >= 0.3 is 29.8 Å². The summed E-state index contributed by atoms with van der Waals surface area (Å²) in [5.41, 5.74) is -4.04. The van der Waals surface area contributed by atoms with Crippen LogP contribution in [0.4, 0.5) is 0 Å². The van der Waals surface area contributed by atoms with Crippen molar-refractivity contribution in [1.82, 2.24) is 0 Å². The van der Waals surface area contributed by atoms with E-state index in [9.17, 15) is 29.1 Å². The molecule has 2 fully saturated rings. The van der Waals surface area contributed by atoms with E-state index in [-0.39, 0.29) is 0 Å². The third-order valence-electron chi connectivity index (χ3n) is 8.60. The molecule has 0 bridgehead atoms. The van der Waals surface area contributed by atoms with Crippen molar-refractivity contribution in [2.75, 3.05) is 0 Å². The molecule has 2 heterocycles. The highest BCUT2D eigenvalue weighted by atomic mass is 16.7. The summed E-state index contributed by atoms with van der Waals surface area (Å²) >= 11 is 0. The van der Waals surface area contributed by atoms with Crippen LogP contribution in [0.5, 0.6) is 0 Å². The van der Waals surface area contributed by atoms with Crippen LogP contribution in [0.3, 0.4) is 0 Å². The number of hydrogen-bond donors (Lipinski definition) is 1. The minimum absolute atomic E-state index is 0.312. The number of esters is 5. The average Bonchev–Trinajstić information content (AvgIpc) is 3.42. The van der Waals surface area contributed by atoms with Crippen LogP contribution in [-0.2, 0) is 52.4 Å². The predicted octanol–water partition coefficient (Wildman–Crippen LogP) is 1.32. The lowest BCUT2D eigenvalue weighted by molar-refractivity contribution is -0.207. The smallest absolute Gasteiger partial charge is 0.342 e. The lowest BCUT2D eigenvalue weighted by Crippen LogP contribution is -2.63. The van der Waals surface area contributed by atoms with Gasteiger partial charge in [0.1, 0.15) is 6.10 Å². The molecule has 40 heavy (non-hydrogen) atoms. The van der Waals surface area contributed by atoms with Crippen molar-refractivity contribution in [1.29, 1.82) is 0 Å². The summed E-state index contributed by atoms with van der Waals surface area (Å²) < 4.78 is 35.0. The van der Waals surface area contributed by atoms with E-state index in [0.29, 0.717) is 5.57 Å². The fourth-order valence-electron chi connectivity index (χ4n) is 6.80. The lowest BCUT2D eigenvalue weighted by Gasteiger charge is -2.53. The van der Waals surface area contributed by atoms with E-state index in [0.717, 1.165) is 6.92 Å². The molecular weight excluding hydrogens is 528 g/mol. The number of ether oxygens (including phenoxy) is 6. The molecule has 1 spiro atoms. The van der Waals surface area contributed by atoms with Crippen molar-refractivity contribution in [3.63, 3.8) is 0 Å². The molecule has 1 N–H and O–H groups in total. The van der Waals surface area contributed by atoms with Gasteiger partial charge < -0.3 is 33.5 Å². The van der Waals surface area contributed by atoms with E-state index in [1.807, 2.05) is 0 Å². The SMILES string of the molecule is CC(=O)O[C@@H]1[C@@H](OC(C)=O)/C(C)=C\[C@@H]2OC(=O)[C@]3(C)O[C@]23[C@@H](OC(C)=O)[C@H]2[C@H](C)[C@@H](O)C=C[C@]2(C)[C@H]1OC(C)=O. The van der Waals surface area contributed by atoms with Crippen LogP contribution in [0, 0.1) is 17.3 Å². The summed E-state index contributed by atoms with van der Waals surface area (Å²) in [5.74, 6) is -5.08. The topological polar surface area (TPSA) is 164 Å². The first-order valence-corrected chi connectivity index (χ1v) is 13.2. The molecule has 0 radical (unpaired) electrons. The van der Waals surface area contributed by atoms with Gasteiger partial charge in [-0.15, -0.1) is 0 Å². The van der Waals surface area contributed by atoms with Crippen LogP contribution < -0.4 is 0 Å². The molecule has 0 unspecified atom stereocenters. The van der Waals surface area contributed by atoms with Gasteiger partial charge in [-0.2, -0.15) is 0 Å². The van der Waals surface area contributed by atoms with Crippen LogP contribution in [0.1, 0.15) is 55.4 Å². The maximum Gasteiger partial charge on any atom is 0.342 e. The Kier molecular flexibility index (Phi) is 7.42. The van der Waals surface area contributed by atoms with Gasteiger partial charge in [0.05, 0.1) is 6.10 Å². The third-order valence-corrected chi connectivity index (χ3v) is 8.60. The van der Waals surface area contributed by atoms with E-state index in [1.54, 1.807) is 26.8 Å². The van der Waals surface area contributed by atoms with Gasteiger partial charge in [-0.1, -0.05) is 26.0 Å². The molecule has 11 atom stereocenters. The Morgan fingerprint density at radius 3 is 1.98 bits per heavy atom. The van der Waals surface area contributed by atoms with Crippen molar-refractivity contribution < 1.29 is 57.5 Å². The summed E-state index contributed by atoms with van der Waals surface area (Å²) in [5, 5.41) is 11.0. The Morgan fingerprint density at radius 1 is 0.900 bits per heavy atom. The molecule has 12 heteroatoms. The normalized spacial score (nSPS) is 44.8. The number of rotatable bonds is 4. The van der Waals surface area contributed by atoms with Crippen molar-refractivity contribution in [3.8, 4) is 0 Å². The molecule has 4 rings (SSSR count). The number of epoxide rings is 1. The van der Waals surface area contributed by atoms with Gasteiger partial charge in [-0.05, 0) is 31.4 Å². The Balaban J connectivity index is 2.08. The zero-order chi connectivity index (χ0) is 29.9. The van der Waals surface area contributed by atoms with Crippen LogP contribution in [0.2, 0.25) is 0 Å². The standard InChI is InChI=1S/C28H36O12/c1-12-11-19-28(27(8,40-28)25(34)39-19)23(37-16(5)31)20-13(2)18(33)9-10-26(20,7)24(38-17(6)32)22(36-15(4)30)21(12)35-14(3)29/h9-11,13,18-24,33H,1-8H3/b12-11-/t13-,18+,19+,20-,21+,22-,23+,24+,26+,27+,28+/m1/s1. The van der Waals surface area contributed by atoms with E-state index in [1.165, 1.54) is 39.8 Å². The Labute approximate surface area is 231 Å². The van der Waals surface area contributed by atoms with E-state index in [4.69, 9.17) is 28.4 Å². The van der Waals surface area contributed by atoms with Crippen molar-refractivity contribution in [3.05, 3.63) is 23.8 Å². The molecule has 0 aromatic heterocycles. The molecule has 0 aromatic rings. The summed E-state index contributed by atoms with van der Waals surface area (Å²) in [4.78, 5) is 62.9. The summed E-state index contributed by atoms with van der Waals surface area (Å²) in [6, 6.07) is 0. The molecule has 220 valence electrons. The second kappa shape index (κ2) is 9.99. The molecule has 0 saturated carbocycles. The first kappa shape index (κ1) is 29.7. The fraction of sp³-hybridized carbons (Fsp3) is 0.679. The predicted molar refractivity (Wildman–Crippen MR) is 134 cm³/mol. The number of aliphatic hydroxyl groups is 1. The van der Waals surface area contributed by atoms with Gasteiger partial charge in [0.2, 0.25) is 0 Å². The van der Waals surface area contributed by atoms with Crippen LogP contribution in [0.15, 0.2) is 23.8 Å². The highest BCUT2D eigenvalue weighted by Crippen LogP contribution is 2.65. The largest absolute Gasteiger partial charge is 0.459 e. The maximum absolute atomic E-state index is 13.1. The highest BCUT2D eigenvalue weighted by molar-refractivity contribution is 5.89. The quantitative estimate of drug-likeness (QED) is 0.226. The number of carbonyl (C=O) groups excluding carboxylic acids is 5. The summed E-state index contributed by atoms with van der Waals surface area (Å²) in [6.45, 7) is 11.3. The fourth-order valence-corrected chi connectivity index (χ4v) is 6.80. The van der Waals surface area contributed by atoms with E-state index in [2.05, 4.69) is 0 Å². The van der Waals surface area contributed by atoms with Crippen LogP contribution in [-0.4, -0.2) is 82.8 Å². The van der Waals surface area contributed by atoms with Gasteiger partial charge in [0, 0.05) is 39.0 Å².